The maximum atomic E-state index is 11.7. The van der Waals surface area contributed by atoms with Gasteiger partial charge in [0.05, 0.1) is 11.8 Å². The first kappa shape index (κ1) is 11.2. The van der Waals surface area contributed by atoms with Gasteiger partial charge in [-0.3, -0.25) is 5.10 Å². The van der Waals surface area contributed by atoms with Crippen LogP contribution in [0.3, 0.4) is 0 Å². The van der Waals surface area contributed by atoms with E-state index < -0.39 is 0 Å². The van der Waals surface area contributed by atoms with Crippen molar-refractivity contribution in [1.82, 2.24) is 10.2 Å². The molecule has 0 spiro atoms. The van der Waals surface area contributed by atoms with Crippen LogP contribution in [0.2, 0.25) is 0 Å². The predicted octanol–water partition coefficient (Wildman–Crippen LogP) is 2.54. The molecule has 0 amide bonds. The quantitative estimate of drug-likeness (QED) is 0.799. The van der Waals surface area contributed by atoms with Crippen LogP contribution in [-0.2, 0) is 4.74 Å². The molecule has 1 saturated carbocycles. The molecule has 0 aliphatic heterocycles. The Morgan fingerprint density at radius 2 is 2.50 bits per heavy atom. The molecule has 4 heteroatoms. The lowest BCUT2D eigenvalue weighted by molar-refractivity contribution is 0.0140. The smallest absolute Gasteiger partial charge is 0.341 e. The summed E-state index contributed by atoms with van der Waals surface area (Å²) in [5.74, 6) is 0.464. The molecule has 1 aliphatic rings. The first-order valence-electron chi connectivity index (χ1n) is 5.99. The minimum atomic E-state index is -0.254. The first-order chi connectivity index (χ1) is 7.79. The number of hydrogen-bond donors (Lipinski definition) is 1. The number of hydrogen-bond acceptors (Lipinski definition) is 3. The van der Waals surface area contributed by atoms with E-state index in [0.717, 1.165) is 18.8 Å². The van der Waals surface area contributed by atoms with Crippen molar-refractivity contribution >= 4 is 5.97 Å². The Hall–Kier alpha value is -1.32. The van der Waals surface area contributed by atoms with E-state index >= 15 is 0 Å². The Labute approximate surface area is 95.4 Å². The maximum absolute atomic E-state index is 11.7. The molecule has 1 aliphatic carbocycles. The van der Waals surface area contributed by atoms with Crippen LogP contribution in [0, 0.1) is 5.92 Å². The summed E-state index contributed by atoms with van der Waals surface area (Å²) in [6.07, 6.45) is 8.81. The van der Waals surface area contributed by atoms with Gasteiger partial charge in [0, 0.05) is 6.20 Å². The fourth-order valence-corrected chi connectivity index (χ4v) is 2.30. The second-order valence-electron chi connectivity index (χ2n) is 4.46. The number of H-pyrrole nitrogens is 1. The molecule has 0 radical (unpaired) electrons. The van der Waals surface area contributed by atoms with Gasteiger partial charge in [-0.15, -0.1) is 0 Å². The molecule has 1 heterocycles. The summed E-state index contributed by atoms with van der Waals surface area (Å²) in [5.41, 5.74) is 0.513. The Kier molecular flexibility index (Phi) is 3.59. The molecular formula is C12H18N2O2. The summed E-state index contributed by atoms with van der Waals surface area (Å²) in [7, 11) is 0. The maximum Gasteiger partial charge on any atom is 0.341 e. The van der Waals surface area contributed by atoms with Gasteiger partial charge < -0.3 is 4.74 Å². The van der Waals surface area contributed by atoms with E-state index in [0.29, 0.717) is 5.56 Å². The van der Waals surface area contributed by atoms with Gasteiger partial charge in [0.15, 0.2) is 0 Å². The van der Waals surface area contributed by atoms with E-state index in [1.54, 1.807) is 6.20 Å². The molecule has 1 aromatic heterocycles. The van der Waals surface area contributed by atoms with Crippen molar-refractivity contribution in [3.8, 4) is 0 Å². The van der Waals surface area contributed by atoms with Gasteiger partial charge in [-0.1, -0.05) is 19.8 Å². The second kappa shape index (κ2) is 5.14. The highest BCUT2D eigenvalue weighted by Crippen LogP contribution is 2.28. The number of nitrogens with zero attached hydrogens (tertiary/aromatic N) is 1. The Bertz CT molecular complexity index is 335. The molecule has 2 rings (SSSR count). The number of nitrogens with one attached hydrogen (secondary N) is 1. The highest BCUT2D eigenvalue weighted by Gasteiger charge is 2.24. The molecule has 0 saturated heterocycles. The summed E-state index contributed by atoms with van der Waals surface area (Å²) < 4.78 is 5.47. The third-order valence-corrected chi connectivity index (χ3v) is 3.32. The van der Waals surface area contributed by atoms with Gasteiger partial charge in [-0.05, 0) is 25.2 Å². The van der Waals surface area contributed by atoms with Crippen molar-refractivity contribution in [1.29, 1.82) is 0 Å². The molecule has 88 valence electrons. The number of carbonyl (C=O) groups excluding carboxylic acids is 1. The van der Waals surface area contributed by atoms with Crippen LogP contribution < -0.4 is 0 Å². The number of esters is 1. The van der Waals surface area contributed by atoms with Gasteiger partial charge in [0.25, 0.3) is 0 Å². The van der Waals surface area contributed by atoms with Crippen molar-refractivity contribution in [3.63, 3.8) is 0 Å². The van der Waals surface area contributed by atoms with E-state index in [9.17, 15) is 4.79 Å². The van der Waals surface area contributed by atoms with Crippen molar-refractivity contribution in [3.05, 3.63) is 18.0 Å². The van der Waals surface area contributed by atoms with Gasteiger partial charge in [-0.2, -0.15) is 5.10 Å². The standard InChI is InChI=1S/C12H18N2O2/c1-2-9-4-3-5-11(6-9)16-12(15)10-7-13-14-8-10/h7-9,11H,2-6H2,1H3,(H,13,14)/t9-,11+/m1/s1. The number of aromatic nitrogens is 2. The van der Waals surface area contributed by atoms with E-state index in [2.05, 4.69) is 17.1 Å². The van der Waals surface area contributed by atoms with Crippen LogP contribution in [-0.4, -0.2) is 22.3 Å². The van der Waals surface area contributed by atoms with E-state index in [1.165, 1.54) is 25.5 Å². The largest absolute Gasteiger partial charge is 0.459 e. The third kappa shape index (κ3) is 2.62. The van der Waals surface area contributed by atoms with Gasteiger partial charge in [-0.25, -0.2) is 4.79 Å². The summed E-state index contributed by atoms with van der Waals surface area (Å²) in [6, 6.07) is 0. The Balaban J connectivity index is 1.87. The zero-order valence-corrected chi connectivity index (χ0v) is 9.61. The summed E-state index contributed by atoms with van der Waals surface area (Å²) in [5, 5.41) is 6.36. The zero-order chi connectivity index (χ0) is 11.4. The molecule has 0 aromatic carbocycles. The van der Waals surface area contributed by atoms with Crippen LogP contribution in [0.1, 0.15) is 49.4 Å². The molecule has 1 fully saturated rings. The average Bonchev–Trinajstić information content (AvgIpc) is 2.83. The molecule has 1 aromatic rings. The molecular weight excluding hydrogens is 204 g/mol. The zero-order valence-electron chi connectivity index (χ0n) is 9.61. The Morgan fingerprint density at radius 3 is 3.19 bits per heavy atom. The number of rotatable bonds is 3. The molecule has 4 nitrogen and oxygen atoms in total. The van der Waals surface area contributed by atoms with Crippen molar-refractivity contribution < 1.29 is 9.53 Å². The topological polar surface area (TPSA) is 55.0 Å². The van der Waals surface area contributed by atoms with Crippen LogP contribution in [0.5, 0.6) is 0 Å². The predicted molar refractivity (Wildman–Crippen MR) is 60.0 cm³/mol. The van der Waals surface area contributed by atoms with Gasteiger partial charge >= 0.3 is 5.97 Å². The minimum absolute atomic E-state index is 0.0982. The average molecular weight is 222 g/mol. The lowest BCUT2D eigenvalue weighted by Crippen LogP contribution is -2.25. The van der Waals surface area contributed by atoms with Crippen LogP contribution >= 0.6 is 0 Å². The highest BCUT2D eigenvalue weighted by molar-refractivity contribution is 5.88. The second-order valence-corrected chi connectivity index (χ2v) is 4.46. The van der Waals surface area contributed by atoms with Crippen LogP contribution in [0.15, 0.2) is 12.4 Å². The van der Waals surface area contributed by atoms with Crippen molar-refractivity contribution in [2.45, 2.75) is 45.1 Å². The SMILES string of the molecule is CC[C@@H]1CCC[C@H](OC(=O)c2cn[nH]c2)C1. The molecule has 1 N–H and O–H groups in total. The lowest BCUT2D eigenvalue weighted by Gasteiger charge is -2.27. The van der Waals surface area contributed by atoms with E-state index in [-0.39, 0.29) is 12.1 Å². The monoisotopic (exact) mass is 222 g/mol. The van der Waals surface area contributed by atoms with Gasteiger partial charge in [0.2, 0.25) is 0 Å². The number of aromatic amines is 1. The molecule has 2 atom stereocenters. The lowest BCUT2D eigenvalue weighted by atomic mass is 9.85. The van der Waals surface area contributed by atoms with E-state index in [1.807, 2.05) is 0 Å². The highest BCUT2D eigenvalue weighted by atomic mass is 16.5. The van der Waals surface area contributed by atoms with Gasteiger partial charge in [0.1, 0.15) is 6.10 Å². The summed E-state index contributed by atoms with van der Waals surface area (Å²) in [4.78, 5) is 11.7. The third-order valence-electron chi connectivity index (χ3n) is 3.32. The van der Waals surface area contributed by atoms with E-state index in [4.69, 9.17) is 4.74 Å². The fourth-order valence-electron chi connectivity index (χ4n) is 2.30. The minimum Gasteiger partial charge on any atom is -0.459 e. The molecule has 0 bridgehead atoms. The van der Waals surface area contributed by atoms with Crippen molar-refractivity contribution in [2.24, 2.45) is 5.92 Å². The number of ether oxygens (including phenoxy) is 1. The number of carbonyl (C=O) groups is 1. The summed E-state index contributed by atoms with van der Waals surface area (Å²) in [6.45, 7) is 2.20. The molecule has 0 unspecified atom stereocenters. The fraction of sp³-hybridized carbons (Fsp3) is 0.667. The van der Waals surface area contributed by atoms with Crippen molar-refractivity contribution in [2.75, 3.05) is 0 Å². The summed E-state index contributed by atoms with van der Waals surface area (Å²) >= 11 is 0. The van der Waals surface area contributed by atoms with Crippen LogP contribution in [0.4, 0.5) is 0 Å². The normalized spacial score (nSPS) is 25.3. The molecule has 16 heavy (non-hydrogen) atoms. The first-order valence-corrected chi connectivity index (χ1v) is 5.99. The Morgan fingerprint density at radius 1 is 1.62 bits per heavy atom. The van der Waals surface area contributed by atoms with Crippen LogP contribution in [0.25, 0.3) is 0 Å².